The van der Waals surface area contributed by atoms with Crippen LogP contribution in [-0.4, -0.2) is 16.1 Å². The Balaban J connectivity index is 2.10. The van der Waals surface area contributed by atoms with Gasteiger partial charge in [-0.25, -0.2) is 4.79 Å². The van der Waals surface area contributed by atoms with Gasteiger partial charge in [0, 0.05) is 5.02 Å². The third-order valence-electron chi connectivity index (χ3n) is 2.41. The van der Waals surface area contributed by atoms with Crippen molar-refractivity contribution in [2.75, 3.05) is 0 Å². The molecular weight excluding hydrogens is 270 g/mol. The minimum atomic E-state index is -1.19. The number of aromatic carboxylic acids is 1. The van der Waals surface area contributed by atoms with E-state index in [0.717, 1.165) is 5.56 Å². The Bertz CT molecular complexity index is 648. The van der Waals surface area contributed by atoms with Crippen molar-refractivity contribution in [1.29, 1.82) is 0 Å². The van der Waals surface area contributed by atoms with Gasteiger partial charge in [0.05, 0.1) is 0 Å². The number of rotatable bonds is 4. The van der Waals surface area contributed by atoms with Gasteiger partial charge in [0.15, 0.2) is 5.75 Å². The lowest BCUT2D eigenvalue weighted by Crippen LogP contribution is -2.15. The highest BCUT2D eigenvalue weighted by Crippen LogP contribution is 2.12. The summed E-state index contributed by atoms with van der Waals surface area (Å²) in [5.41, 5.74) is 0.101. The lowest BCUT2D eigenvalue weighted by Gasteiger charge is -2.05. The molecule has 0 atom stereocenters. The molecule has 1 aromatic heterocycles. The molecule has 6 heteroatoms. The van der Waals surface area contributed by atoms with Gasteiger partial charge in [0.1, 0.15) is 12.3 Å². The molecular formula is C13H10ClNO4. The number of aromatic amines is 1. The normalized spacial score (nSPS) is 10.2. The standard InChI is InChI=1S/C13H10ClNO4/c14-9-3-1-8(2-4-9)7-19-11-6-5-10(13(17)18)15-12(11)16/h1-6H,7H2,(H,15,16)(H,17,18). The van der Waals surface area contributed by atoms with E-state index in [1.54, 1.807) is 24.3 Å². The Labute approximate surface area is 113 Å². The molecule has 0 fully saturated rings. The maximum absolute atomic E-state index is 11.6. The molecule has 98 valence electrons. The predicted octanol–water partition coefficient (Wildman–Crippen LogP) is 2.31. The first-order valence-corrected chi connectivity index (χ1v) is 5.78. The Morgan fingerprint density at radius 2 is 1.89 bits per heavy atom. The number of benzene rings is 1. The molecule has 2 N–H and O–H groups in total. The number of H-pyrrole nitrogens is 1. The molecule has 0 aliphatic rings. The SMILES string of the molecule is O=C(O)c1ccc(OCc2ccc(Cl)cc2)c(=O)[nH]1. The number of pyridine rings is 1. The van der Waals surface area contributed by atoms with Gasteiger partial charge in [-0.3, -0.25) is 4.79 Å². The van der Waals surface area contributed by atoms with Gasteiger partial charge in [0.2, 0.25) is 0 Å². The number of hydrogen-bond donors (Lipinski definition) is 2. The van der Waals surface area contributed by atoms with E-state index in [1.807, 2.05) is 0 Å². The molecule has 5 nitrogen and oxygen atoms in total. The summed E-state index contributed by atoms with van der Waals surface area (Å²) in [6.45, 7) is 0.201. The minimum Gasteiger partial charge on any atom is -0.483 e. The minimum absolute atomic E-state index is 0.0694. The molecule has 2 rings (SSSR count). The van der Waals surface area contributed by atoms with Gasteiger partial charge < -0.3 is 14.8 Å². The molecule has 0 amide bonds. The number of carboxylic acid groups (broad SMARTS) is 1. The van der Waals surface area contributed by atoms with Crippen molar-refractivity contribution >= 4 is 17.6 Å². The first-order chi connectivity index (χ1) is 9.06. The van der Waals surface area contributed by atoms with Crippen molar-refractivity contribution in [3.8, 4) is 5.75 Å². The maximum atomic E-state index is 11.6. The number of nitrogens with one attached hydrogen (secondary N) is 1. The average molecular weight is 280 g/mol. The molecule has 2 aromatic rings. The van der Waals surface area contributed by atoms with Crippen molar-refractivity contribution in [2.45, 2.75) is 6.61 Å². The molecule has 0 radical (unpaired) electrons. The second kappa shape index (κ2) is 5.58. The number of aromatic nitrogens is 1. The fraction of sp³-hybridized carbons (Fsp3) is 0.0769. The first-order valence-electron chi connectivity index (χ1n) is 5.40. The van der Waals surface area contributed by atoms with Crippen LogP contribution in [0.4, 0.5) is 0 Å². The van der Waals surface area contributed by atoms with Crippen molar-refractivity contribution in [3.05, 3.63) is 63.0 Å². The first kappa shape index (κ1) is 13.2. The molecule has 1 aromatic carbocycles. The quantitative estimate of drug-likeness (QED) is 0.900. The summed E-state index contributed by atoms with van der Waals surface area (Å²) < 4.78 is 5.32. The van der Waals surface area contributed by atoms with E-state index in [2.05, 4.69) is 4.98 Å². The van der Waals surface area contributed by atoms with Crippen LogP contribution in [0.2, 0.25) is 5.02 Å². The molecule has 0 aliphatic carbocycles. The highest BCUT2D eigenvalue weighted by Gasteiger charge is 2.07. The Morgan fingerprint density at radius 1 is 1.21 bits per heavy atom. The zero-order valence-corrected chi connectivity index (χ0v) is 10.5. The lowest BCUT2D eigenvalue weighted by atomic mass is 10.2. The van der Waals surface area contributed by atoms with E-state index in [4.69, 9.17) is 21.4 Å². The maximum Gasteiger partial charge on any atom is 0.352 e. The van der Waals surface area contributed by atoms with E-state index in [-0.39, 0.29) is 18.1 Å². The average Bonchev–Trinajstić information content (AvgIpc) is 2.39. The summed E-state index contributed by atoms with van der Waals surface area (Å²) in [4.78, 5) is 24.4. The fourth-order valence-electron chi connectivity index (χ4n) is 1.44. The molecule has 0 unspecified atom stereocenters. The Kier molecular flexibility index (Phi) is 3.87. The van der Waals surface area contributed by atoms with E-state index in [0.29, 0.717) is 5.02 Å². The zero-order chi connectivity index (χ0) is 13.8. The summed E-state index contributed by atoms with van der Waals surface area (Å²) >= 11 is 5.75. The molecule has 0 saturated carbocycles. The highest BCUT2D eigenvalue weighted by molar-refractivity contribution is 6.30. The van der Waals surface area contributed by atoms with Gasteiger partial charge in [-0.1, -0.05) is 23.7 Å². The molecule has 0 aliphatic heterocycles. The smallest absolute Gasteiger partial charge is 0.352 e. The highest BCUT2D eigenvalue weighted by atomic mass is 35.5. The van der Waals surface area contributed by atoms with Crippen LogP contribution in [-0.2, 0) is 6.61 Å². The van der Waals surface area contributed by atoms with E-state index < -0.39 is 11.5 Å². The fourth-order valence-corrected chi connectivity index (χ4v) is 1.57. The van der Waals surface area contributed by atoms with Crippen LogP contribution >= 0.6 is 11.6 Å². The number of halogens is 1. The summed E-state index contributed by atoms with van der Waals surface area (Å²) in [6, 6.07) is 9.61. The molecule has 0 bridgehead atoms. The topological polar surface area (TPSA) is 79.4 Å². The number of carbonyl (C=O) groups is 1. The van der Waals surface area contributed by atoms with Crippen LogP contribution in [0.25, 0.3) is 0 Å². The van der Waals surface area contributed by atoms with Crippen molar-refractivity contribution in [2.24, 2.45) is 0 Å². The summed E-state index contributed by atoms with van der Waals surface area (Å²) in [5.74, 6) is -1.12. The summed E-state index contributed by atoms with van der Waals surface area (Å²) in [7, 11) is 0. The molecule has 0 spiro atoms. The van der Waals surface area contributed by atoms with Crippen LogP contribution in [0.1, 0.15) is 16.1 Å². The van der Waals surface area contributed by atoms with Crippen LogP contribution < -0.4 is 10.3 Å². The van der Waals surface area contributed by atoms with Crippen molar-refractivity contribution in [1.82, 2.24) is 4.98 Å². The second-order valence-electron chi connectivity index (χ2n) is 3.79. The van der Waals surface area contributed by atoms with Gasteiger partial charge in [-0.15, -0.1) is 0 Å². The number of ether oxygens (including phenoxy) is 1. The van der Waals surface area contributed by atoms with Gasteiger partial charge in [0.25, 0.3) is 5.56 Å². The van der Waals surface area contributed by atoms with Crippen molar-refractivity contribution in [3.63, 3.8) is 0 Å². The monoisotopic (exact) mass is 279 g/mol. The van der Waals surface area contributed by atoms with Crippen LogP contribution in [0.5, 0.6) is 5.75 Å². The molecule has 19 heavy (non-hydrogen) atoms. The van der Waals surface area contributed by atoms with Crippen LogP contribution in [0.15, 0.2) is 41.2 Å². The largest absolute Gasteiger partial charge is 0.483 e. The third-order valence-corrected chi connectivity index (χ3v) is 2.66. The van der Waals surface area contributed by atoms with Gasteiger partial charge >= 0.3 is 5.97 Å². The van der Waals surface area contributed by atoms with Gasteiger partial charge in [-0.2, -0.15) is 0 Å². The summed E-state index contributed by atoms with van der Waals surface area (Å²) in [6.07, 6.45) is 0. The van der Waals surface area contributed by atoms with Gasteiger partial charge in [-0.05, 0) is 29.8 Å². The molecule has 0 saturated heterocycles. The molecule has 1 heterocycles. The Morgan fingerprint density at radius 3 is 2.47 bits per heavy atom. The second-order valence-corrected chi connectivity index (χ2v) is 4.22. The van der Waals surface area contributed by atoms with E-state index in [9.17, 15) is 9.59 Å². The predicted molar refractivity (Wildman–Crippen MR) is 69.8 cm³/mol. The van der Waals surface area contributed by atoms with Crippen LogP contribution in [0.3, 0.4) is 0 Å². The lowest BCUT2D eigenvalue weighted by molar-refractivity contribution is 0.0690. The summed E-state index contributed by atoms with van der Waals surface area (Å²) in [5, 5.41) is 9.33. The third kappa shape index (κ3) is 3.35. The Hall–Kier alpha value is -2.27. The van der Waals surface area contributed by atoms with Crippen molar-refractivity contribution < 1.29 is 14.6 Å². The number of carboxylic acids is 1. The van der Waals surface area contributed by atoms with E-state index >= 15 is 0 Å². The zero-order valence-electron chi connectivity index (χ0n) is 9.72. The number of hydrogen-bond acceptors (Lipinski definition) is 3. The van der Waals surface area contributed by atoms with E-state index in [1.165, 1.54) is 12.1 Å². The van der Waals surface area contributed by atoms with Crippen LogP contribution in [0, 0.1) is 0 Å².